The largest absolute Gasteiger partial charge is 0.204 e. The van der Waals surface area contributed by atoms with Crippen molar-refractivity contribution in [3.63, 3.8) is 0 Å². The van der Waals surface area contributed by atoms with E-state index in [1.807, 2.05) is 18.2 Å². The lowest BCUT2D eigenvalue weighted by molar-refractivity contribution is 0.206. The fraction of sp³-hybridized carbons (Fsp3) is 0.481. The summed E-state index contributed by atoms with van der Waals surface area (Å²) in [6.45, 7) is 4.58. The highest BCUT2D eigenvalue weighted by atomic mass is 19.2. The minimum atomic E-state index is -0.872. The summed E-state index contributed by atoms with van der Waals surface area (Å²) in [7, 11) is 0. The van der Waals surface area contributed by atoms with Gasteiger partial charge in [0.1, 0.15) is 0 Å². The molecule has 1 saturated carbocycles. The van der Waals surface area contributed by atoms with E-state index in [0.29, 0.717) is 11.5 Å². The van der Waals surface area contributed by atoms with Crippen LogP contribution in [0.5, 0.6) is 0 Å². The van der Waals surface area contributed by atoms with Crippen LogP contribution in [-0.4, -0.2) is 11.9 Å². The summed E-state index contributed by atoms with van der Waals surface area (Å²) >= 11 is 0. The van der Waals surface area contributed by atoms with E-state index in [1.165, 1.54) is 50.8 Å². The van der Waals surface area contributed by atoms with Crippen molar-refractivity contribution in [3.05, 3.63) is 71.3 Å². The lowest BCUT2D eigenvalue weighted by atomic mass is 9.71. The minimum Gasteiger partial charge on any atom is -0.204 e. The Morgan fingerprint density at radius 2 is 1.61 bits per heavy atom. The Morgan fingerprint density at radius 3 is 2.23 bits per heavy atom. The SMILES string of the molecule is CCCC(CCC)C1CCC(C(=NN=Cc2ccc(F)c(F)c2)c2ccccc2)CC1. The second kappa shape index (κ2) is 11.9. The van der Waals surface area contributed by atoms with Crippen LogP contribution in [0.2, 0.25) is 0 Å². The van der Waals surface area contributed by atoms with Gasteiger partial charge in [-0.25, -0.2) is 8.78 Å². The number of hydrogen-bond donors (Lipinski definition) is 0. The Kier molecular flexibility index (Phi) is 8.93. The number of benzene rings is 2. The average molecular weight is 425 g/mol. The highest BCUT2D eigenvalue weighted by Crippen LogP contribution is 2.38. The molecule has 0 spiro atoms. The third kappa shape index (κ3) is 6.56. The molecule has 1 aliphatic rings. The van der Waals surface area contributed by atoms with E-state index >= 15 is 0 Å². The van der Waals surface area contributed by atoms with Gasteiger partial charge in [-0.05, 0) is 60.8 Å². The summed E-state index contributed by atoms with van der Waals surface area (Å²) in [5.74, 6) is 0.318. The van der Waals surface area contributed by atoms with Crippen LogP contribution < -0.4 is 0 Å². The summed E-state index contributed by atoms with van der Waals surface area (Å²) in [5, 5.41) is 8.83. The van der Waals surface area contributed by atoms with Gasteiger partial charge in [0, 0.05) is 5.92 Å². The van der Waals surface area contributed by atoms with Crippen molar-refractivity contribution in [2.24, 2.45) is 28.0 Å². The van der Waals surface area contributed by atoms with Gasteiger partial charge in [-0.15, -0.1) is 0 Å². The maximum absolute atomic E-state index is 13.5. The molecular weight excluding hydrogens is 390 g/mol. The first-order chi connectivity index (χ1) is 15.1. The van der Waals surface area contributed by atoms with E-state index in [-0.39, 0.29) is 0 Å². The maximum Gasteiger partial charge on any atom is 0.159 e. The lowest BCUT2D eigenvalue weighted by Gasteiger charge is -2.34. The van der Waals surface area contributed by atoms with Crippen LogP contribution in [0.15, 0.2) is 58.7 Å². The Hall–Kier alpha value is -2.36. The third-order valence-electron chi connectivity index (χ3n) is 6.53. The predicted molar refractivity (Wildman–Crippen MR) is 126 cm³/mol. The van der Waals surface area contributed by atoms with Crippen molar-refractivity contribution >= 4 is 11.9 Å². The van der Waals surface area contributed by atoms with Gasteiger partial charge in [-0.2, -0.15) is 10.2 Å². The molecule has 0 aliphatic heterocycles. The van der Waals surface area contributed by atoms with Crippen LogP contribution in [0.4, 0.5) is 8.78 Å². The molecule has 1 fully saturated rings. The third-order valence-corrected chi connectivity index (χ3v) is 6.53. The molecule has 0 atom stereocenters. The van der Waals surface area contributed by atoms with Crippen LogP contribution in [-0.2, 0) is 0 Å². The van der Waals surface area contributed by atoms with E-state index in [9.17, 15) is 8.78 Å². The van der Waals surface area contributed by atoms with Gasteiger partial charge >= 0.3 is 0 Å². The number of halogens is 2. The van der Waals surface area contributed by atoms with Crippen LogP contribution in [0.1, 0.15) is 76.3 Å². The molecule has 0 aromatic heterocycles. The molecule has 0 unspecified atom stereocenters. The lowest BCUT2D eigenvalue weighted by Crippen LogP contribution is -2.26. The number of hydrogen-bond acceptors (Lipinski definition) is 2. The number of nitrogens with zero attached hydrogens (tertiary/aromatic N) is 2. The summed E-state index contributed by atoms with van der Waals surface area (Å²) in [6.07, 6.45) is 11.4. The molecular formula is C27H34F2N2. The normalized spacial score (nSPS) is 20.0. The van der Waals surface area contributed by atoms with E-state index in [0.717, 1.165) is 48.1 Å². The molecule has 31 heavy (non-hydrogen) atoms. The zero-order valence-corrected chi connectivity index (χ0v) is 18.7. The second-order valence-electron chi connectivity index (χ2n) is 8.72. The van der Waals surface area contributed by atoms with E-state index in [4.69, 9.17) is 0 Å². The number of rotatable bonds is 9. The summed E-state index contributed by atoms with van der Waals surface area (Å²) < 4.78 is 26.6. The van der Waals surface area contributed by atoms with Crippen LogP contribution in [0.3, 0.4) is 0 Å². The standard InChI is InChI=1S/C27H34F2N2/c1-3-8-21(9-4-2)22-13-15-24(16-14-22)27(23-10-6-5-7-11-23)31-30-19-20-12-17-25(28)26(29)18-20/h5-7,10-12,17-19,21-22,24H,3-4,8-9,13-16H2,1-2H3. The Bertz CT molecular complexity index is 862. The highest BCUT2D eigenvalue weighted by molar-refractivity contribution is 6.02. The van der Waals surface area contributed by atoms with Crippen molar-refractivity contribution in [2.45, 2.75) is 65.2 Å². The first-order valence-electron chi connectivity index (χ1n) is 11.7. The van der Waals surface area contributed by atoms with Crippen LogP contribution in [0, 0.1) is 29.4 Å². The summed E-state index contributed by atoms with van der Waals surface area (Å²) in [4.78, 5) is 0. The first kappa shape index (κ1) is 23.3. The molecule has 0 heterocycles. The zero-order chi connectivity index (χ0) is 22.1. The van der Waals surface area contributed by atoms with E-state index in [1.54, 1.807) is 0 Å². The Balaban J connectivity index is 1.75. The molecule has 1 aliphatic carbocycles. The minimum absolute atomic E-state index is 0.379. The molecule has 2 nitrogen and oxygen atoms in total. The van der Waals surface area contributed by atoms with Crippen molar-refractivity contribution in [2.75, 3.05) is 0 Å². The smallest absolute Gasteiger partial charge is 0.159 e. The topological polar surface area (TPSA) is 24.7 Å². The van der Waals surface area contributed by atoms with Crippen molar-refractivity contribution < 1.29 is 8.78 Å². The molecule has 0 radical (unpaired) electrons. The zero-order valence-electron chi connectivity index (χ0n) is 18.7. The molecule has 166 valence electrons. The van der Waals surface area contributed by atoms with Crippen LogP contribution >= 0.6 is 0 Å². The summed E-state index contributed by atoms with van der Waals surface area (Å²) in [6, 6.07) is 14.0. The molecule has 0 bridgehead atoms. The highest BCUT2D eigenvalue weighted by Gasteiger charge is 2.29. The summed E-state index contributed by atoms with van der Waals surface area (Å²) in [5.41, 5.74) is 2.59. The monoisotopic (exact) mass is 424 g/mol. The van der Waals surface area contributed by atoms with Gasteiger partial charge in [0.05, 0.1) is 11.9 Å². The van der Waals surface area contributed by atoms with Gasteiger partial charge < -0.3 is 0 Å². The van der Waals surface area contributed by atoms with E-state index in [2.05, 4.69) is 36.2 Å². The molecule has 0 N–H and O–H groups in total. The Labute approximate surface area is 185 Å². The average Bonchev–Trinajstić information content (AvgIpc) is 2.80. The van der Waals surface area contributed by atoms with Gasteiger partial charge in [0.2, 0.25) is 0 Å². The molecule has 2 aromatic carbocycles. The fourth-order valence-corrected chi connectivity index (χ4v) is 4.96. The fourth-order valence-electron chi connectivity index (χ4n) is 4.96. The van der Waals surface area contributed by atoms with Gasteiger partial charge in [-0.1, -0.05) is 75.9 Å². The Morgan fingerprint density at radius 1 is 0.935 bits per heavy atom. The van der Waals surface area contributed by atoms with Crippen molar-refractivity contribution in [1.29, 1.82) is 0 Å². The molecule has 0 saturated heterocycles. The predicted octanol–water partition coefficient (Wildman–Crippen LogP) is 7.81. The molecule has 2 aromatic rings. The van der Waals surface area contributed by atoms with Crippen LogP contribution in [0.25, 0.3) is 0 Å². The molecule has 4 heteroatoms. The maximum atomic E-state index is 13.5. The van der Waals surface area contributed by atoms with Crippen molar-refractivity contribution in [3.8, 4) is 0 Å². The van der Waals surface area contributed by atoms with E-state index < -0.39 is 11.6 Å². The molecule has 0 amide bonds. The quantitative estimate of drug-likeness (QED) is 0.290. The second-order valence-corrected chi connectivity index (χ2v) is 8.72. The molecule has 3 rings (SSSR count). The van der Waals surface area contributed by atoms with Gasteiger partial charge in [0.25, 0.3) is 0 Å². The van der Waals surface area contributed by atoms with Crippen molar-refractivity contribution in [1.82, 2.24) is 0 Å². The first-order valence-corrected chi connectivity index (χ1v) is 11.7. The van der Waals surface area contributed by atoms with Gasteiger partial charge in [0.15, 0.2) is 11.6 Å². The van der Waals surface area contributed by atoms with Gasteiger partial charge in [-0.3, -0.25) is 0 Å².